The van der Waals surface area contributed by atoms with Crippen LogP contribution in [0.3, 0.4) is 0 Å². The Labute approximate surface area is 172 Å². The fraction of sp³-hybridized carbons (Fsp3) is 0.111. The zero-order valence-corrected chi connectivity index (χ0v) is 17.3. The number of amides is 1. The van der Waals surface area contributed by atoms with E-state index in [4.69, 9.17) is 10.1 Å². The fourth-order valence-corrected chi connectivity index (χ4v) is 4.87. The lowest BCUT2D eigenvalue weighted by molar-refractivity contribution is -0.114. The summed E-state index contributed by atoms with van der Waals surface area (Å²) in [4.78, 5) is 17.8. The lowest BCUT2D eigenvalue weighted by Crippen LogP contribution is -2.35. The molecule has 2 aromatic rings. The Bertz CT molecular complexity index is 1030. The molecular formula is C18H13BrN4O2S2. The molecule has 1 N–H and O–H groups in total. The van der Waals surface area contributed by atoms with Crippen molar-refractivity contribution in [3.63, 3.8) is 0 Å². The minimum absolute atomic E-state index is 0.0330. The van der Waals surface area contributed by atoms with Gasteiger partial charge in [-0.25, -0.2) is 0 Å². The Kier molecular flexibility index (Phi) is 4.98. The number of hydrogen-bond donors (Lipinski definition) is 1. The van der Waals surface area contributed by atoms with Crippen LogP contribution >= 0.6 is 39.0 Å². The SMILES string of the molecule is COc1ccc(/C=C2\C(=N)N3N=C(Cc4cccs4)SC3=NC2=O)cc1Br. The van der Waals surface area contributed by atoms with Gasteiger partial charge in [0.1, 0.15) is 10.8 Å². The third-order valence-corrected chi connectivity index (χ3v) is 6.29. The number of nitrogens with zero attached hydrogens (tertiary/aromatic N) is 3. The van der Waals surface area contributed by atoms with E-state index in [0.717, 1.165) is 15.1 Å². The summed E-state index contributed by atoms with van der Waals surface area (Å²) in [6.45, 7) is 0. The number of hydrazone groups is 1. The summed E-state index contributed by atoms with van der Waals surface area (Å²) in [7, 11) is 1.59. The van der Waals surface area contributed by atoms with Gasteiger partial charge < -0.3 is 4.74 Å². The van der Waals surface area contributed by atoms with Crippen LogP contribution in [0, 0.1) is 5.41 Å². The largest absolute Gasteiger partial charge is 0.496 e. The third-order valence-electron chi connectivity index (χ3n) is 3.89. The predicted molar refractivity (Wildman–Crippen MR) is 114 cm³/mol. The van der Waals surface area contributed by atoms with Crippen LogP contribution in [0.5, 0.6) is 5.75 Å². The van der Waals surface area contributed by atoms with Gasteiger partial charge in [-0.3, -0.25) is 10.2 Å². The van der Waals surface area contributed by atoms with E-state index < -0.39 is 5.91 Å². The van der Waals surface area contributed by atoms with Crippen molar-refractivity contribution >= 4 is 67.1 Å². The van der Waals surface area contributed by atoms with Crippen molar-refractivity contribution in [1.82, 2.24) is 5.01 Å². The molecule has 27 heavy (non-hydrogen) atoms. The number of nitrogens with one attached hydrogen (secondary N) is 1. The normalized spacial score (nSPS) is 17.9. The van der Waals surface area contributed by atoms with Crippen LogP contribution < -0.4 is 4.74 Å². The molecule has 9 heteroatoms. The van der Waals surface area contributed by atoms with E-state index in [1.807, 2.05) is 29.6 Å². The Morgan fingerprint density at radius 1 is 1.37 bits per heavy atom. The standard InChI is InChI=1S/C18H13BrN4O2S2/c1-25-14-5-4-10(8-13(14)19)7-12-16(20)23-18(21-17(12)24)27-15(22-23)9-11-3-2-6-26-11/h2-8,20H,9H2,1H3/b12-7+,20-16?. The average Bonchev–Trinajstić information content (AvgIpc) is 3.29. The monoisotopic (exact) mass is 460 g/mol. The second kappa shape index (κ2) is 7.41. The summed E-state index contributed by atoms with van der Waals surface area (Å²) < 4.78 is 5.99. The Balaban J connectivity index is 1.62. The zero-order valence-electron chi connectivity index (χ0n) is 14.1. The quantitative estimate of drug-likeness (QED) is 0.686. The van der Waals surface area contributed by atoms with Gasteiger partial charge in [-0.2, -0.15) is 15.1 Å². The molecule has 2 aliphatic heterocycles. The highest BCUT2D eigenvalue weighted by atomic mass is 79.9. The van der Waals surface area contributed by atoms with Gasteiger partial charge in [-0.05, 0) is 62.9 Å². The number of benzene rings is 1. The van der Waals surface area contributed by atoms with Crippen LogP contribution in [0.2, 0.25) is 0 Å². The number of aliphatic imine (C=N–C) groups is 1. The van der Waals surface area contributed by atoms with Crippen molar-refractivity contribution in [3.05, 3.63) is 56.2 Å². The number of thioether (sulfide) groups is 1. The maximum atomic E-state index is 12.5. The Hall–Kier alpha value is -2.23. The molecule has 4 rings (SSSR count). The van der Waals surface area contributed by atoms with Crippen LogP contribution in [0.25, 0.3) is 6.08 Å². The van der Waals surface area contributed by atoms with E-state index in [1.165, 1.54) is 21.6 Å². The lowest BCUT2D eigenvalue weighted by Gasteiger charge is -2.20. The van der Waals surface area contributed by atoms with E-state index in [1.54, 1.807) is 30.6 Å². The molecule has 1 aromatic heterocycles. The number of methoxy groups -OCH3 is 1. The molecule has 136 valence electrons. The highest BCUT2D eigenvalue weighted by Gasteiger charge is 2.35. The summed E-state index contributed by atoms with van der Waals surface area (Å²) in [6, 6.07) is 9.47. The van der Waals surface area contributed by atoms with E-state index in [2.05, 4.69) is 26.0 Å². The van der Waals surface area contributed by atoms with Crippen molar-refractivity contribution in [2.24, 2.45) is 10.1 Å². The van der Waals surface area contributed by atoms with Crippen molar-refractivity contribution in [2.75, 3.05) is 7.11 Å². The van der Waals surface area contributed by atoms with E-state index in [0.29, 0.717) is 17.3 Å². The molecule has 0 saturated carbocycles. The van der Waals surface area contributed by atoms with Gasteiger partial charge in [0, 0.05) is 11.3 Å². The number of carbonyl (C=O) groups excluding carboxylic acids is 1. The maximum Gasteiger partial charge on any atom is 0.283 e. The number of ether oxygens (including phenoxy) is 1. The van der Waals surface area contributed by atoms with Gasteiger partial charge in [0.15, 0.2) is 5.84 Å². The molecule has 0 bridgehead atoms. The minimum Gasteiger partial charge on any atom is -0.496 e. The molecule has 0 atom stereocenters. The van der Waals surface area contributed by atoms with Crippen molar-refractivity contribution in [1.29, 1.82) is 5.41 Å². The van der Waals surface area contributed by atoms with Crippen molar-refractivity contribution in [3.8, 4) is 5.75 Å². The first-order valence-corrected chi connectivity index (χ1v) is 10.4. The molecule has 0 radical (unpaired) electrons. The first-order chi connectivity index (χ1) is 13.0. The van der Waals surface area contributed by atoms with E-state index in [-0.39, 0.29) is 11.4 Å². The summed E-state index contributed by atoms with van der Waals surface area (Å²) in [5.41, 5.74) is 0.974. The van der Waals surface area contributed by atoms with Crippen LogP contribution in [-0.2, 0) is 11.2 Å². The molecule has 0 saturated heterocycles. The number of fused-ring (bicyclic) bond motifs is 1. The Morgan fingerprint density at radius 3 is 2.93 bits per heavy atom. The summed E-state index contributed by atoms with van der Waals surface area (Å²) in [5, 5.41) is 17.6. The molecule has 1 aromatic carbocycles. The smallest absolute Gasteiger partial charge is 0.283 e. The number of hydrogen-bond acceptors (Lipinski definition) is 6. The number of halogens is 1. The van der Waals surface area contributed by atoms with Gasteiger partial charge >= 0.3 is 0 Å². The minimum atomic E-state index is -0.432. The predicted octanol–water partition coefficient (Wildman–Crippen LogP) is 4.38. The molecule has 0 unspecified atom stereocenters. The van der Waals surface area contributed by atoms with Crippen LogP contribution in [0.4, 0.5) is 0 Å². The molecule has 6 nitrogen and oxygen atoms in total. The lowest BCUT2D eigenvalue weighted by atomic mass is 10.1. The highest BCUT2D eigenvalue weighted by molar-refractivity contribution is 9.10. The third kappa shape index (κ3) is 3.62. The maximum absolute atomic E-state index is 12.5. The fourth-order valence-electron chi connectivity index (χ4n) is 2.60. The Morgan fingerprint density at radius 2 is 2.22 bits per heavy atom. The summed E-state index contributed by atoms with van der Waals surface area (Å²) >= 11 is 6.42. The van der Waals surface area contributed by atoms with Crippen LogP contribution in [0.15, 0.2) is 55.9 Å². The number of rotatable bonds is 4. The van der Waals surface area contributed by atoms with E-state index >= 15 is 0 Å². The van der Waals surface area contributed by atoms with Gasteiger partial charge in [-0.1, -0.05) is 12.1 Å². The molecule has 0 fully saturated rings. The zero-order chi connectivity index (χ0) is 19.0. The molecule has 0 spiro atoms. The molecule has 2 aliphatic rings. The number of amidine groups is 2. The second-order valence-corrected chi connectivity index (χ2v) is 8.59. The van der Waals surface area contributed by atoms with Gasteiger partial charge in [-0.15, -0.1) is 11.3 Å². The number of carbonyl (C=O) groups is 1. The number of thiophene rings is 1. The second-order valence-electron chi connectivity index (χ2n) is 5.66. The topological polar surface area (TPSA) is 78.1 Å². The first-order valence-electron chi connectivity index (χ1n) is 7.90. The van der Waals surface area contributed by atoms with Gasteiger partial charge in [0.25, 0.3) is 5.91 Å². The molecule has 0 aliphatic carbocycles. The summed E-state index contributed by atoms with van der Waals surface area (Å²) in [6.07, 6.45) is 2.32. The first kappa shape index (κ1) is 18.1. The van der Waals surface area contributed by atoms with Gasteiger partial charge in [0.2, 0.25) is 5.17 Å². The molecular weight excluding hydrogens is 448 g/mol. The highest BCUT2D eigenvalue weighted by Crippen LogP contribution is 2.31. The summed E-state index contributed by atoms with van der Waals surface area (Å²) in [5.74, 6) is 0.296. The van der Waals surface area contributed by atoms with Crippen LogP contribution in [0.1, 0.15) is 10.4 Å². The van der Waals surface area contributed by atoms with E-state index in [9.17, 15) is 4.79 Å². The average molecular weight is 461 g/mol. The molecule has 3 heterocycles. The molecule has 1 amide bonds. The van der Waals surface area contributed by atoms with Crippen LogP contribution in [-0.4, -0.2) is 34.1 Å². The van der Waals surface area contributed by atoms with Crippen molar-refractivity contribution < 1.29 is 9.53 Å². The van der Waals surface area contributed by atoms with Gasteiger partial charge in [0.05, 0.1) is 17.2 Å². The van der Waals surface area contributed by atoms with Crippen molar-refractivity contribution in [2.45, 2.75) is 6.42 Å².